The number of rotatable bonds is 6. The summed E-state index contributed by atoms with van der Waals surface area (Å²) in [6.07, 6.45) is 2.87. The minimum atomic E-state index is -0.601. The SMILES string of the molecule is OC(Nc1cccc(Oc2ccccc2)c1)C1CCN(c2cccnn2)CC1. The Labute approximate surface area is 164 Å². The molecule has 0 saturated carbocycles. The lowest BCUT2D eigenvalue weighted by Gasteiger charge is -2.35. The smallest absolute Gasteiger partial charge is 0.151 e. The second-order valence-electron chi connectivity index (χ2n) is 6.94. The van der Waals surface area contributed by atoms with Crippen LogP contribution in [0.3, 0.4) is 0 Å². The molecule has 1 atom stereocenters. The first-order valence-electron chi connectivity index (χ1n) is 9.58. The fourth-order valence-corrected chi connectivity index (χ4v) is 3.47. The molecule has 0 radical (unpaired) electrons. The first-order valence-corrected chi connectivity index (χ1v) is 9.58. The first-order chi connectivity index (χ1) is 13.8. The summed E-state index contributed by atoms with van der Waals surface area (Å²) in [5.74, 6) is 2.61. The molecular weight excluding hydrogens is 352 g/mol. The van der Waals surface area contributed by atoms with Crippen molar-refractivity contribution in [2.75, 3.05) is 23.3 Å². The summed E-state index contributed by atoms with van der Waals surface area (Å²) in [5, 5.41) is 22.0. The van der Waals surface area contributed by atoms with Crippen molar-refractivity contribution < 1.29 is 9.84 Å². The Balaban J connectivity index is 1.33. The molecule has 144 valence electrons. The Morgan fingerprint density at radius 3 is 2.50 bits per heavy atom. The van der Waals surface area contributed by atoms with Gasteiger partial charge in [-0.2, -0.15) is 5.10 Å². The number of piperidine rings is 1. The number of hydrogen-bond donors (Lipinski definition) is 2. The zero-order valence-electron chi connectivity index (χ0n) is 15.6. The Morgan fingerprint density at radius 1 is 0.964 bits per heavy atom. The molecule has 1 fully saturated rings. The van der Waals surface area contributed by atoms with Crippen LogP contribution in [0.15, 0.2) is 72.9 Å². The fraction of sp³-hybridized carbons (Fsp3) is 0.273. The van der Waals surface area contributed by atoms with Crippen molar-refractivity contribution in [2.24, 2.45) is 5.92 Å². The highest BCUT2D eigenvalue weighted by molar-refractivity contribution is 5.49. The molecule has 2 aromatic carbocycles. The number of aromatic nitrogens is 2. The number of benzene rings is 2. The highest BCUT2D eigenvalue weighted by Gasteiger charge is 2.26. The van der Waals surface area contributed by atoms with Gasteiger partial charge in [0.05, 0.1) is 0 Å². The Bertz CT molecular complexity index is 868. The van der Waals surface area contributed by atoms with Gasteiger partial charge in [-0.05, 0) is 49.2 Å². The average Bonchev–Trinajstić information content (AvgIpc) is 2.75. The maximum absolute atomic E-state index is 10.7. The summed E-state index contributed by atoms with van der Waals surface area (Å²) in [4.78, 5) is 2.21. The van der Waals surface area contributed by atoms with Crippen molar-refractivity contribution in [3.05, 3.63) is 72.9 Å². The average molecular weight is 376 g/mol. The van der Waals surface area contributed by atoms with Gasteiger partial charge in [0.25, 0.3) is 0 Å². The van der Waals surface area contributed by atoms with Crippen molar-refractivity contribution in [1.29, 1.82) is 0 Å². The van der Waals surface area contributed by atoms with E-state index in [9.17, 15) is 5.11 Å². The molecule has 2 heterocycles. The van der Waals surface area contributed by atoms with Crippen molar-refractivity contribution in [2.45, 2.75) is 19.1 Å². The van der Waals surface area contributed by atoms with Crippen LogP contribution in [-0.4, -0.2) is 34.6 Å². The molecule has 1 aliphatic rings. The normalized spacial score (nSPS) is 15.8. The molecule has 6 heteroatoms. The lowest BCUT2D eigenvalue weighted by Crippen LogP contribution is -2.40. The third-order valence-electron chi connectivity index (χ3n) is 5.00. The molecule has 0 aliphatic carbocycles. The third kappa shape index (κ3) is 4.58. The van der Waals surface area contributed by atoms with E-state index in [2.05, 4.69) is 20.4 Å². The highest BCUT2D eigenvalue weighted by atomic mass is 16.5. The van der Waals surface area contributed by atoms with Crippen LogP contribution in [0.25, 0.3) is 0 Å². The molecule has 0 spiro atoms. The van der Waals surface area contributed by atoms with Crippen LogP contribution in [0, 0.1) is 5.92 Å². The molecule has 1 unspecified atom stereocenters. The molecule has 0 amide bonds. The number of hydrogen-bond acceptors (Lipinski definition) is 6. The van der Waals surface area contributed by atoms with Crippen molar-refractivity contribution in [3.8, 4) is 11.5 Å². The van der Waals surface area contributed by atoms with Gasteiger partial charge in [0.15, 0.2) is 5.82 Å². The van der Waals surface area contributed by atoms with Crippen LogP contribution in [0.4, 0.5) is 11.5 Å². The second kappa shape index (κ2) is 8.71. The number of aliphatic hydroxyl groups excluding tert-OH is 1. The largest absolute Gasteiger partial charge is 0.457 e. The molecule has 4 rings (SSSR count). The zero-order chi connectivity index (χ0) is 19.2. The molecule has 1 aliphatic heterocycles. The molecule has 3 aromatic rings. The van der Waals surface area contributed by atoms with E-state index < -0.39 is 6.23 Å². The lowest BCUT2D eigenvalue weighted by molar-refractivity contribution is 0.117. The Kier molecular flexibility index (Phi) is 5.68. The zero-order valence-corrected chi connectivity index (χ0v) is 15.6. The number of nitrogens with zero attached hydrogens (tertiary/aromatic N) is 3. The van der Waals surface area contributed by atoms with Gasteiger partial charge in [-0.25, -0.2) is 0 Å². The number of anilines is 2. The van der Waals surface area contributed by atoms with Gasteiger partial charge in [0.1, 0.15) is 17.7 Å². The molecular formula is C22H24N4O2. The van der Waals surface area contributed by atoms with Crippen molar-refractivity contribution in [1.82, 2.24) is 10.2 Å². The molecule has 2 N–H and O–H groups in total. The summed E-state index contributed by atoms with van der Waals surface area (Å²) in [6.45, 7) is 1.72. The summed E-state index contributed by atoms with van der Waals surface area (Å²) >= 11 is 0. The van der Waals surface area contributed by atoms with Crippen LogP contribution in [0.5, 0.6) is 11.5 Å². The minimum absolute atomic E-state index is 0.187. The topological polar surface area (TPSA) is 70.5 Å². The van der Waals surface area contributed by atoms with Crippen molar-refractivity contribution >= 4 is 11.5 Å². The summed E-state index contributed by atoms with van der Waals surface area (Å²) in [5.41, 5.74) is 0.845. The standard InChI is InChI=1S/C22H24N4O2/c27-22(17-11-14-26(15-12-17)21-10-5-13-23-25-21)24-18-6-4-9-20(16-18)28-19-7-2-1-3-8-19/h1-10,13,16-17,22,24,27H,11-12,14-15H2. The minimum Gasteiger partial charge on any atom is -0.457 e. The van der Waals surface area contributed by atoms with E-state index in [1.54, 1.807) is 6.20 Å². The van der Waals surface area contributed by atoms with E-state index in [0.29, 0.717) is 0 Å². The third-order valence-corrected chi connectivity index (χ3v) is 5.00. The van der Waals surface area contributed by atoms with E-state index in [0.717, 1.165) is 48.9 Å². The number of nitrogens with one attached hydrogen (secondary N) is 1. The predicted molar refractivity (Wildman–Crippen MR) is 110 cm³/mol. The summed E-state index contributed by atoms with van der Waals surface area (Å²) in [7, 11) is 0. The van der Waals surface area contributed by atoms with Gasteiger partial charge in [-0.3, -0.25) is 0 Å². The second-order valence-corrected chi connectivity index (χ2v) is 6.94. The van der Waals surface area contributed by atoms with Gasteiger partial charge in [0.2, 0.25) is 0 Å². The molecule has 28 heavy (non-hydrogen) atoms. The lowest BCUT2D eigenvalue weighted by atomic mass is 9.95. The van der Waals surface area contributed by atoms with Crippen LogP contribution in [0.1, 0.15) is 12.8 Å². The highest BCUT2D eigenvalue weighted by Crippen LogP contribution is 2.27. The van der Waals surface area contributed by atoms with E-state index >= 15 is 0 Å². The van der Waals surface area contributed by atoms with Gasteiger partial charge in [-0.1, -0.05) is 24.3 Å². The van der Waals surface area contributed by atoms with E-state index in [4.69, 9.17) is 4.74 Å². The van der Waals surface area contributed by atoms with Crippen LogP contribution in [0.2, 0.25) is 0 Å². The van der Waals surface area contributed by atoms with Gasteiger partial charge in [-0.15, -0.1) is 5.10 Å². The van der Waals surface area contributed by atoms with Crippen LogP contribution in [-0.2, 0) is 0 Å². The Hall–Kier alpha value is -3.12. The number of aliphatic hydroxyl groups is 1. The Morgan fingerprint density at radius 2 is 1.75 bits per heavy atom. The van der Waals surface area contributed by atoms with E-state index in [1.807, 2.05) is 66.7 Å². The maximum atomic E-state index is 10.7. The molecule has 1 saturated heterocycles. The van der Waals surface area contributed by atoms with E-state index in [1.165, 1.54) is 0 Å². The monoisotopic (exact) mass is 376 g/mol. The van der Waals surface area contributed by atoms with E-state index in [-0.39, 0.29) is 5.92 Å². The molecule has 1 aromatic heterocycles. The molecule has 6 nitrogen and oxygen atoms in total. The number of ether oxygens (including phenoxy) is 1. The summed E-state index contributed by atoms with van der Waals surface area (Å²) in [6, 6.07) is 21.2. The number of para-hydroxylation sites is 1. The summed E-state index contributed by atoms with van der Waals surface area (Å²) < 4.78 is 5.87. The first kappa shape index (κ1) is 18.3. The van der Waals surface area contributed by atoms with Crippen molar-refractivity contribution in [3.63, 3.8) is 0 Å². The quantitative estimate of drug-likeness (QED) is 0.636. The van der Waals surface area contributed by atoms with Crippen LogP contribution < -0.4 is 15.0 Å². The van der Waals surface area contributed by atoms with Gasteiger partial charge in [0, 0.05) is 37.0 Å². The van der Waals surface area contributed by atoms with Gasteiger partial charge < -0.3 is 20.1 Å². The predicted octanol–water partition coefficient (Wildman–Crippen LogP) is 3.92. The maximum Gasteiger partial charge on any atom is 0.151 e. The fourth-order valence-electron chi connectivity index (χ4n) is 3.47. The van der Waals surface area contributed by atoms with Gasteiger partial charge >= 0.3 is 0 Å². The van der Waals surface area contributed by atoms with Crippen LogP contribution >= 0.6 is 0 Å². The molecule has 0 bridgehead atoms.